The fourth-order valence-corrected chi connectivity index (χ4v) is 1.92. The fourth-order valence-electron chi connectivity index (χ4n) is 0.586. The van der Waals surface area contributed by atoms with Crippen LogP contribution in [0.2, 0.25) is 0 Å². The second-order valence-electron chi connectivity index (χ2n) is 2.53. The predicted octanol–water partition coefficient (Wildman–Crippen LogP) is -0.214. The van der Waals surface area contributed by atoms with Crippen molar-refractivity contribution in [1.29, 1.82) is 0 Å². The molecule has 0 aromatic rings. The largest absolute Gasteiger partial charge is 0.748 e. The van der Waals surface area contributed by atoms with Crippen molar-refractivity contribution in [2.75, 3.05) is 5.75 Å². The van der Waals surface area contributed by atoms with Crippen molar-refractivity contribution < 1.29 is 38.7 Å². The van der Waals surface area contributed by atoms with Crippen LogP contribution in [-0.4, -0.2) is 38.8 Å². The summed E-state index contributed by atoms with van der Waals surface area (Å²) >= 11 is 0. The minimum atomic E-state index is -5.87. The summed E-state index contributed by atoms with van der Waals surface area (Å²) in [6.45, 7) is 0.721. The molecule has 11 heteroatoms. The molecule has 0 aromatic carbocycles. The first kappa shape index (κ1) is 14.6. The highest BCUT2D eigenvalue weighted by atomic mass is 32.2. The minimum absolute atomic E-state index is 0.721. The van der Waals surface area contributed by atoms with E-state index in [0.717, 1.165) is 6.92 Å². The van der Waals surface area contributed by atoms with Gasteiger partial charge in [0.15, 0.2) is 0 Å². The average Bonchev–Trinajstić information content (AvgIpc) is 1.75. The molecule has 92 valence electrons. The van der Waals surface area contributed by atoms with Crippen molar-refractivity contribution >= 4 is 20.2 Å². The summed E-state index contributed by atoms with van der Waals surface area (Å²) < 4.78 is 89.3. The van der Waals surface area contributed by atoms with Gasteiger partial charge in [-0.25, -0.2) is 8.42 Å². The molecule has 0 radical (unpaired) electrons. The Labute approximate surface area is 83.9 Å². The van der Waals surface area contributed by atoms with E-state index in [-0.39, 0.29) is 0 Å². The third-order valence-corrected chi connectivity index (χ3v) is 3.04. The lowest BCUT2D eigenvalue weighted by Gasteiger charge is -2.15. The lowest BCUT2D eigenvalue weighted by Crippen LogP contribution is -2.32. The third kappa shape index (κ3) is 5.30. The van der Waals surface area contributed by atoms with Crippen LogP contribution in [0.5, 0.6) is 0 Å². The standard InChI is InChI=1S/C4H7F3O6S2/c1-3(2-14(8,9)10)13-15(11,12)4(5,6)7/h3H,2H2,1H3,(H,8,9,10)/p-1. The number of hydrogen-bond donors (Lipinski definition) is 0. The van der Waals surface area contributed by atoms with Crippen molar-refractivity contribution in [1.82, 2.24) is 0 Å². The van der Waals surface area contributed by atoms with Crippen LogP contribution in [0.3, 0.4) is 0 Å². The summed E-state index contributed by atoms with van der Waals surface area (Å²) in [4.78, 5) is 0. The van der Waals surface area contributed by atoms with Crippen LogP contribution in [0.4, 0.5) is 13.2 Å². The molecule has 0 rings (SSSR count). The van der Waals surface area contributed by atoms with Gasteiger partial charge in [-0.3, -0.25) is 4.18 Å². The Morgan fingerprint density at radius 1 is 1.27 bits per heavy atom. The van der Waals surface area contributed by atoms with Crippen molar-refractivity contribution in [3.05, 3.63) is 0 Å². The molecule has 1 atom stereocenters. The van der Waals surface area contributed by atoms with E-state index in [1.165, 1.54) is 0 Å². The summed E-state index contributed by atoms with van der Waals surface area (Å²) in [5.41, 5.74) is -5.64. The van der Waals surface area contributed by atoms with Gasteiger partial charge in [0.05, 0.1) is 22.0 Å². The van der Waals surface area contributed by atoms with Crippen molar-refractivity contribution in [3.63, 3.8) is 0 Å². The Balaban J connectivity index is 4.65. The SMILES string of the molecule is CC(CS(=O)(=O)[O-])OS(=O)(=O)C(F)(F)F. The molecule has 0 bridgehead atoms. The Hall–Kier alpha value is -0.390. The molecule has 0 aromatic heterocycles. The molecule has 0 aliphatic heterocycles. The van der Waals surface area contributed by atoms with Gasteiger partial charge in [0.1, 0.15) is 0 Å². The maximum atomic E-state index is 11.7. The van der Waals surface area contributed by atoms with E-state index < -0.39 is 37.6 Å². The van der Waals surface area contributed by atoms with Gasteiger partial charge in [0, 0.05) is 0 Å². The topological polar surface area (TPSA) is 101 Å². The maximum Gasteiger partial charge on any atom is 0.523 e. The van der Waals surface area contributed by atoms with Crippen LogP contribution in [-0.2, 0) is 24.4 Å². The first-order chi connectivity index (χ1) is 6.35. The molecule has 6 nitrogen and oxygen atoms in total. The maximum absolute atomic E-state index is 11.7. The van der Waals surface area contributed by atoms with Gasteiger partial charge in [-0.2, -0.15) is 21.6 Å². The first-order valence-corrected chi connectivity index (χ1v) is 6.27. The molecule has 0 spiro atoms. The molecule has 0 heterocycles. The highest BCUT2D eigenvalue weighted by Crippen LogP contribution is 2.25. The summed E-state index contributed by atoms with van der Waals surface area (Å²) in [7, 11) is -10.7. The predicted molar refractivity (Wildman–Crippen MR) is 40.1 cm³/mol. The molecule has 0 saturated carbocycles. The van der Waals surface area contributed by atoms with Crippen LogP contribution in [0, 0.1) is 0 Å². The summed E-state index contributed by atoms with van der Waals surface area (Å²) in [6.07, 6.45) is -1.89. The summed E-state index contributed by atoms with van der Waals surface area (Å²) in [5, 5.41) is 0. The van der Waals surface area contributed by atoms with Gasteiger partial charge >= 0.3 is 15.6 Å². The van der Waals surface area contributed by atoms with E-state index in [2.05, 4.69) is 4.18 Å². The highest BCUT2D eigenvalue weighted by Gasteiger charge is 2.48. The number of rotatable bonds is 4. The molecule has 0 aliphatic carbocycles. The highest BCUT2D eigenvalue weighted by molar-refractivity contribution is 7.87. The van der Waals surface area contributed by atoms with Gasteiger partial charge in [-0.15, -0.1) is 0 Å². The normalized spacial score (nSPS) is 16.3. The van der Waals surface area contributed by atoms with Gasteiger partial charge < -0.3 is 4.55 Å². The quantitative estimate of drug-likeness (QED) is 0.398. The Morgan fingerprint density at radius 3 is 1.93 bits per heavy atom. The zero-order valence-electron chi connectivity index (χ0n) is 7.18. The molecule has 1 unspecified atom stereocenters. The summed E-state index contributed by atoms with van der Waals surface area (Å²) in [6, 6.07) is 0. The van der Waals surface area contributed by atoms with E-state index in [0.29, 0.717) is 0 Å². The average molecular weight is 271 g/mol. The molecular formula is C4H6F3O6S2-. The lowest BCUT2D eigenvalue weighted by atomic mass is 10.5. The van der Waals surface area contributed by atoms with E-state index in [1.807, 2.05) is 0 Å². The first-order valence-electron chi connectivity index (χ1n) is 3.28. The van der Waals surface area contributed by atoms with Crippen LogP contribution in [0.1, 0.15) is 6.92 Å². The Morgan fingerprint density at radius 2 is 1.67 bits per heavy atom. The van der Waals surface area contributed by atoms with Crippen LogP contribution in [0.25, 0.3) is 0 Å². The minimum Gasteiger partial charge on any atom is -0.748 e. The second-order valence-corrected chi connectivity index (χ2v) is 5.54. The fraction of sp³-hybridized carbons (Fsp3) is 1.00. The molecule has 0 saturated heterocycles. The summed E-state index contributed by atoms with van der Waals surface area (Å²) in [5.74, 6) is -1.36. The molecule has 0 amide bonds. The molecule has 0 aliphatic rings. The zero-order chi connectivity index (χ0) is 12.5. The van der Waals surface area contributed by atoms with Crippen molar-refractivity contribution in [2.24, 2.45) is 0 Å². The third-order valence-electron chi connectivity index (χ3n) is 1.01. The number of hydrogen-bond acceptors (Lipinski definition) is 6. The Kier molecular flexibility index (Phi) is 4.12. The second kappa shape index (κ2) is 4.23. The molecular weight excluding hydrogens is 265 g/mol. The van der Waals surface area contributed by atoms with E-state index in [9.17, 15) is 34.6 Å². The Bertz CT molecular complexity index is 406. The van der Waals surface area contributed by atoms with Gasteiger partial charge in [-0.1, -0.05) is 0 Å². The molecule has 0 fully saturated rings. The van der Waals surface area contributed by atoms with Gasteiger partial charge in [0.25, 0.3) is 0 Å². The number of alkyl halides is 3. The van der Waals surface area contributed by atoms with Crippen LogP contribution < -0.4 is 0 Å². The van der Waals surface area contributed by atoms with E-state index >= 15 is 0 Å². The van der Waals surface area contributed by atoms with Crippen molar-refractivity contribution in [3.8, 4) is 0 Å². The van der Waals surface area contributed by atoms with Gasteiger partial charge in [0.2, 0.25) is 0 Å². The molecule has 0 N–H and O–H groups in total. The van der Waals surface area contributed by atoms with Crippen molar-refractivity contribution in [2.45, 2.75) is 18.5 Å². The van der Waals surface area contributed by atoms with E-state index in [1.54, 1.807) is 0 Å². The number of halogens is 3. The smallest absolute Gasteiger partial charge is 0.523 e. The zero-order valence-corrected chi connectivity index (χ0v) is 8.82. The van der Waals surface area contributed by atoms with E-state index in [4.69, 9.17) is 0 Å². The molecule has 15 heavy (non-hydrogen) atoms. The van der Waals surface area contributed by atoms with Crippen LogP contribution in [0.15, 0.2) is 0 Å². The monoisotopic (exact) mass is 271 g/mol. The van der Waals surface area contributed by atoms with Gasteiger partial charge in [-0.05, 0) is 6.92 Å². The lowest BCUT2D eigenvalue weighted by molar-refractivity contribution is -0.0562. The van der Waals surface area contributed by atoms with Crippen LogP contribution >= 0.6 is 0 Å².